The first-order valence-electron chi connectivity index (χ1n) is 4.05. The maximum atomic E-state index is 11.4. The van der Waals surface area contributed by atoms with Gasteiger partial charge in [0.05, 0.1) is 12.1 Å². The topological polar surface area (TPSA) is 61.6 Å². The molecule has 0 saturated heterocycles. The Kier molecular flexibility index (Phi) is 2.31. The highest BCUT2D eigenvalue weighted by Gasteiger charge is 2.22. The van der Waals surface area contributed by atoms with Crippen LogP contribution in [0, 0.1) is 0 Å². The second-order valence-electron chi connectivity index (χ2n) is 2.81. The van der Waals surface area contributed by atoms with Crippen molar-refractivity contribution >= 4 is 17.4 Å². The Balaban J connectivity index is 2.54. The molecule has 0 spiro atoms. The number of Topliss-reactive ketones (excluding diaryl/α,β-unsaturated/α-hetero) is 1. The van der Waals surface area contributed by atoms with Gasteiger partial charge >= 0.3 is 0 Å². The van der Waals surface area contributed by atoms with Gasteiger partial charge in [-0.05, 0) is 6.07 Å². The van der Waals surface area contributed by atoms with Gasteiger partial charge in [-0.3, -0.25) is 4.79 Å². The summed E-state index contributed by atoms with van der Waals surface area (Å²) in [5.41, 5.74) is 5.64. The molecule has 5 heteroatoms. The number of ketones is 1. The first kappa shape index (κ1) is 9.30. The summed E-state index contributed by atoms with van der Waals surface area (Å²) in [5, 5.41) is 0.436. The lowest BCUT2D eigenvalue weighted by Gasteiger charge is -2.03. The molecule has 1 aliphatic rings. The molecule has 1 aliphatic heterocycles. The molecule has 1 aromatic carbocycles. The van der Waals surface area contributed by atoms with Crippen LogP contribution >= 0.6 is 11.6 Å². The highest BCUT2D eigenvalue weighted by Crippen LogP contribution is 2.38. The molecule has 1 aromatic rings. The van der Waals surface area contributed by atoms with Gasteiger partial charge in [-0.25, -0.2) is 0 Å². The summed E-state index contributed by atoms with van der Waals surface area (Å²) >= 11 is 5.80. The van der Waals surface area contributed by atoms with Gasteiger partial charge in [0.2, 0.25) is 6.79 Å². The molecule has 4 nitrogen and oxygen atoms in total. The number of nitrogens with two attached hydrogens (primary N) is 1. The lowest BCUT2D eigenvalue weighted by atomic mass is 10.1. The summed E-state index contributed by atoms with van der Waals surface area (Å²) in [7, 11) is 0. The summed E-state index contributed by atoms with van der Waals surface area (Å²) in [5.74, 6) is 0.716. The number of hydrogen-bond acceptors (Lipinski definition) is 4. The van der Waals surface area contributed by atoms with E-state index in [1.807, 2.05) is 0 Å². The minimum Gasteiger partial charge on any atom is -0.454 e. The third kappa shape index (κ3) is 1.42. The van der Waals surface area contributed by atoms with Crippen molar-refractivity contribution in [2.45, 2.75) is 0 Å². The number of halogens is 1. The van der Waals surface area contributed by atoms with Gasteiger partial charge in [-0.1, -0.05) is 11.6 Å². The van der Waals surface area contributed by atoms with E-state index in [2.05, 4.69) is 0 Å². The van der Waals surface area contributed by atoms with Crippen molar-refractivity contribution in [2.24, 2.45) is 5.73 Å². The molecule has 2 N–H and O–H groups in total. The predicted molar refractivity (Wildman–Crippen MR) is 51.0 cm³/mol. The SMILES string of the molecule is NCC(=O)c1cc(Cl)cc2c1OCO2. The second-order valence-corrected chi connectivity index (χ2v) is 3.25. The number of benzene rings is 1. The number of ether oxygens (including phenoxy) is 2. The summed E-state index contributed by atoms with van der Waals surface area (Å²) in [6.07, 6.45) is 0. The van der Waals surface area contributed by atoms with Crippen LogP contribution in [0.5, 0.6) is 11.5 Å². The van der Waals surface area contributed by atoms with Crippen LogP contribution in [0.15, 0.2) is 12.1 Å². The maximum Gasteiger partial charge on any atom is 0.231 e. The van der Waals surface area contributed by atoms with Crippen LogP contribution in [0.25, 0.3) is 0 Å². The Morgan fingerprint density at radius 3 is 3.00 bits per heavy atom. The second kappa shape index (κ2) is 3.48. The molecular weight excluding hydrogens is 206 g/mol. The minimum absolute atomic E-state index is 0.0733. The van der Waals surface area contributed by atoms with E-state index < -0.39 is 0 Å². The zero-order chi connectivity index (χ0) is 10.1. The Morgan fingerprint density at radius 1 is 1.50 bits per heavy atom. The number of hydrogen-bond donors (Lipinski definition) is 1. The monoisotopic (exact) mass is 213 g/mol. The molecule has 0 aromatic heterocycles. The van der Waals surface area contributed by atoms with Crippen molar-refractivity contribution in [1.82, 2.24) is 0 Å². The fourth-order valence-electron chi connectivity index (χ4n) is 1.29. The third-order valence-electron chi connectivity index (χ3n) is 1.92. The highest BCUT2D eigenvalue weighted by molar-refractivity contribution is 6.31. The van der Waals surface area contributed by atoms with Crippen LogP contribution in [0.2, 0.25) is 5.02 Å². The fourth-order valence-corrected chi connectivity index (χ4v) is 1.50. The lowest BCUT2D eigenvalue weighted by molar-refractivity contribution is 0.0996. The summed E-state index contributed by atoms with van der Waals surface area (Å²) < 4.78 is 10.3. The molecule has 0 amide bonds. The number of rotatable bonds is 2. The molecule has 0 radical (unpaired) electrons. The highest BCUT2D eigenvalue weighted by atomic mass is 35.5. The molecule has 0 aliphatic carbocycles. The number of carbonyl (C=O) groups is 1. The lowest BCUT2D eigenvalue weighted by Crippen LogP contribution is -2.14. The molecule has 14 heavy (non-hydrogen) atoms. The van der Waals surface area contributed by atoms with Crippen LogP contribution in [-0.4, -0.2) is 19.1 Å². The molecule has 74 valence electrons. The summed E-state index contributed by atoms with van der Waals surface area (Å²) in [6, 6.07) is 3.14. The standard InChI is InChI=1S/C9H8ClNO3/c10-5-1-6(7(12)3-11)9-8(2-5)13-4-14-9/h1-2H,3-4,11H2. The maximum absolute atomic E-state index is 11.4. The molecule has 1 heterocycles. The van der Waals surface area contributed by atoms with Crippen LogP contribution in [0.3, 0.4) is 0 Å². The first-order valence-corrected chi connectivity index (χ1v) is 4.42. The Bertz CT molecular complexity index is 392. The number of fused-ring (bicyclic) bond motifs is 1. The van der Waals surface area contributed by atoms with Crippen LogP contribution in [0.1, 0.15) is 10.4 Å². The minimum atomic E-state index is -0.214. The van der Waals surface area contributed by atoms with E-state index in [4.69, 9.17) is 26.8 Å². The van der Waals surface area contributed by atoms with E-state index >= 15 is 0 Å². The summed E-state index contributed by atoms with van der Waals surface area (Å²) in [4.78, 5) is 11.4. The number of carbonyl (C=O) groups excluding carboxylic acids is 1. The van der Waals surface area contributed by atoms with Gasteiger partial charge < -0.3 is 15.2 Å². The largest absolute Gasteiger partial charge is 0.454 e. The van der Waals surface area contributed by atoms with E-state index in [0.717, 1.165) is 0 Å². The average molecular weight is 214 g/mol. The molecule has 0 fully saturated rings. The van der Waals surface area contributed by atoms with Crippen LogP contribution in [0.4, 0.5) is 0 Å². The van der Waals surface area contributed by atoms with Crippen molar-refractivity contribution in [3.8, 4) is 11.5 Å². The zero-order valence-electron chi connectivity index (χ0n) is 7.25. The van der Waals surface area contributed by atoms with Crippen LogP contribution < -0.4 is 15.2 Å². The van der Waals surface area contributed by atoms with Gasteiger partial charge in [0.1, 0.15) is 0 Å². The molecule has 2 rings (SSSR count). The predicted octanol–water partition coefficient (Wildman–Crippen LogP) is 1.21. The van der Waals surface area contributed by atoms with Gasteiger partial charge in [-0.2, -0.15) is 0 Å². The Labute approximate surface area is 85.6 Å². The van der Waals surface area contributed by atoms with Crippen molar-refractivity contribution in [1.29, 1.82) is 0 Å². The van der Waals surface area contributed by atoms with Gasteiger partial charge in [0.15, 0.2) is 17.3 Å². The zero-order valence-corrected chi connectivity index (χ0v) is 8.00. The third-order valence-corrected chi connectivity index (χ3v) is 2.14. The Hall–Kier alpha value is -1.26. The molecule has 0 saturated carbocycles. The molecular formula is C9H8ClNO3. The van der Waals surface area contributed by atoms with Crippen molar-refractivity contribution in [2.75, 3.05) is 13.3 Å². The van der Waals surface area contributed by atoms with Crippen LogP contribution in [-0.2, 0) is 0 Å². The molecule has 0 atom stereocenters. The molecule has 0 bridgehead atoms. The fraction of sp³-hybridized carbons (Fsp3) is 0.222. The summed E-state index contributed by atoms with van der Waals surface area (Å²) in [6.45, 7) is 0.0384. The quantitative estimate of drug-likeness (QED) is 0.751. The smallest absolute Gasteiger partial charge is 0.231 e. The Morgan fingerprint density at radius 2 is 2.29 bits per heavy atom. The normalized spacial score (nSPS) is 13.0. The molecule has 0 unspecified atom stereocenters. The van der Waals surface area contributed by atoms with Crippen molar-refractivity contribution < 1.29 is 14.3 Å². The van der Waals surface area contributed by atoms with E-state index in [1.54, 1.807) is 6.07 Å². The van der Waals surface area contributed by atoms with Gasteiger partial charge in [0.25, 0.3) is 0 Å². The van der Waals surface area contributed by atoms with E-state index in [1.165, 1.54) is 6.07 Å². The first-order chi connectivity index (χ1) is 6.72. The van der Waals surface area contributed by atoms with E-state index in [0.29, 0.717) is 22.1 Å². The average Bonchev–Trinajstić information content (AvgIpc) is 2.62. The van der Waals surface area contributed by atoms with Crippen molar-refractivity contribution in [3.63, 3.8) is 0 Å². The van der Waals surface area contributed by atoms with Gasteiger partial charge in [-0.15, -0.1) is 0 Å². The van der Waals surface area contributed by atoms with Gasteiger partial charge in [0, 0.05) is 11.1 Å². The van der Waals surface area contributed by atoms with E-state index in [-0.39, 0.29) is 19.1 Å². The van der Waals surface area contributed by atoms with E-state index in [9.17, 15) is 4.79 Å². The van der Waals surface area contributed by atoms with Crippen molar-refractivity contribution in [3.05, 3.63) is 22.7 Å².